The first kappa shape index (κ1) is 10.5. The SMILES string of the molecule is CONN(C(=O)OC)c1ccccc1. The van der Waals surface area contributed by atoms with Crippen LogP contribution in [0, 0.1) is 0 Å². The average Bonchev–Trinajstić information content (AvgIpc) is 2.26. The molecule has 0 saturated carbocycles. The predicted octanol–water partition coefficient (Wildman–Crippen LogP) is 1.33. The Morgan fingerprint density at radius 1 is 1.29 bits per heavy atom. The maximum atomic E-state index is 11.3. The maximum Gasteiger partial charge on any atom is 0.430 e. The molecule has 1 N–H and O–H groups in total. The molecule has 1 aromatic carbocycles. The Balaban J connectivity index is 2.83. The van der Waals surface area contributed by atoms with Gasteiger partial charge in [0.05, 0.1) is 19.9 Å². The zero-order valence-corrected chi connectivity index (χ0v) is 8.06. The Kier molecular flexibility index (Phi) is 3.90. The summed E-state index contributed by atoms with van der Waals surface area (Å²) in [5, 5.41) is 1.15. The molecule has 0 unspecified atom stereocenters. The minimum Gasteiger partial charge on any atom is -0.451 e. The molecule has 76 valence electrons. The van der Waals surface area contributed by atoms with Gasteiger partial charge in [0, 0.05) is 0 Å². The van der Waals surface area contributed by atoms with E-state index >= 15 is 0 Å². The summed E-state index contributed by atoms with van der Waals surface area (Å²) in [5.74, 6) is 0. The summed E-state index contributed by atoms with van der Waals surface area (Å²) in [7, 11) is 2.72. The van der Waals surface area contributed by atoms with Crippen LogP contribution in [0.1, 0.15) is 0 Å². The van der Waals surface area contributed by atoms with Crippen LogP contribution in [0.15, 0.2) is 30.3 Å². The highest BCUT2D eigenvalue weighted by molar-refractivity contribution is 5.86. The van der Waals surface area contributed by atoms with Crippen LogP contribution in [0.4, 0.5) is 10.5 Å². The number of ether oxygens (including phenoxy) is 1. The third kappa shape index (κ3) is 2.45. The number of carbonyl (C=O) groups excluding carboxylic acids is 1. The van der Waals surface area contributed by atoms with Gasteiger partial charge in [-0.25, -0.2) is 4.79 Å². The number of hydrogen-bond acceptors (Lipinski definition) is 4. The van der Waals surface area contributed by atoms with Crippen LogP contribution >= 0.6 is 0 Å². The first-order valence-corrected chi connectivity index (χ1v) is 4.01. The average molecular weight is 196 g/mol. The predicted molar refractivity (Wildman–Crippen MR) is 51.5 cm³/mol. The summed E-state index contributed by atoms with van der Waals surface area (Å²) in [6, 6.07) is 8.98. The van der Waals surface area contributed by atoms with Crippen LogP contribution < -0.4 is 10.6 Å². The molecule has 0 bridgehead atoms. The number of rotatable bonds is 3. The topological polar surface area (TPSA) is 50.8 Å². The quantitative estimate of drug-likeness (QED) is 0.741. The molecular weight excluding hydrogens is 184 g/mol. The smallest absolute Gasteiger partial charge is 0.430 e. The van der Waals surface area contributed by atoms with Crippen molar-refractivity contribution in [1.29, 1.82) is 0 Å². The van der Waals surface area contributed by atoms with Crippen LogP contribution in [0.25, 0.3) is 0 Å². The number of amides is 1. The Morgan fingerprint density at radius 3 is 2.43 bits per heavy atom. The van der Waals surface area contributed by atoms with Gasteiger partial charge in [-0.1, -0.05) is 18.2 Å². The van der Waals surface area contributed by atoms with Crippen molar-refractivity contribution in [2.45, 2.75) is 0 Å². The van der Waals surface area contributed by atoms with E-state index in [1.54, 1.807) is 12.1 Å². The molecule has 0 aliphatic carbocycles. The van der Waals surface area contributed by atoms with Gasteiger partial charge in [-0.2, -0.15) is 5.01 Å². The molecule has 0 aliphatic rings. The van der Waals surface area contributed by atoms with E-state index in [-0.39, 0.29) is 0 Å². The van der Waals surface area contributed by atoms with Gasteiger partial charge in [0.25, 0.3) is 0 Å². The van der Waals surface area contributed by atoms with Gasteiger partial charge in [-0.05, 0) is 12.1 Å². The molecule has 0 aromatic heterocycles. The molecule has 0 saturated heterocycles. The molecule has 5 heteroatoms. The number of nitrogens with zero attached hydrogens (tertiary/aromatic N) is 1. The monoisotopic (exact) mass is 196 g/mol. The maximum absolute atomic E-state index is 11.3. The molecular formula is C9H12N2O3. The van der Waals surface area contributed by atoms with Gasteiger partial charge in [-0.15, -0.1) is 5.59 Å². The normalized spacial score (nSPS) is 9.57. The zero-order valence-electron chi connectivity index (χ0n) is 8.06. The van der Waals surface area contributed by atoms with E-state index in [0.29, 0.717) is 5.69 Å². The van der Waals surface area contributed by atoms with E-state index in [1.165, 1.54) is 14.2 Å². The minimum atomic E-state index is -0.543. The Hall–Kier alpha value is -1.59. The Morgan fingerprint density at radius 2 is 1.93 bits per heavy atom. The Labute approximate surface area is 82.1 Å². The highest BCUT2D eigenvalue weighted by Gasteiger charge is 2.14. The summed E-state index contributed by atoms with van der Waals surface area (Å²) < 4.78 is 4.56. The van der Waals surface area contributed by atoms with E-state index in [1.807, 2.05) is 18.2 Å². The summed E-state index contributed by atoms with van der Waals surface area (Å²) in [4.78, 5) is 15.9. The number of anilines is 1. The second-order valence-electron chi connectivity index (χ2n) is 2.44. The van der Waals surface area contributed by atoms with Crippen LogP contribution in [0.2, 0.25) is 0 Å². The molecule has 1 amide bonds. The van der Waals surface area contributed by atoms with Crippen LogP contribution in [-0.4, -0.2) is 20.3 Å². The van der Waals surface area contributed by atoms with Crippen molar-refractivity contribution in [3.05, 3.63) is 30.3 Å². The van der Waals surface area contributed by atoms with Gasteiger partial charge in [-0.3, -0.25) is 4.84 Å². The Bertz CT molecular complexity index is 289. The van der Waals surface area contributed by atoms with Gasteiger partial charge in [0.1, 0.15) is 0 Å². The third-order valence-corrected chi connectivity index (χ3v) is 1.55. The van der Waals surface area contributed by atoms with Gasteiger partial charge >= 0.3 is 6.09 Å². The lowest BCUT2D eigenvalue weighted by molar-refractivity contribution is 0.0758. The fraction of sp³-hybridized carbons (Fsp3) is 0.222. The minimum absolute atomic E-state index is 0.543. The van der Waals surface area contributed by atoms with Crippen molar-refractivity contribution in [1.82, 2.24) is 5.59 Å². The number of nitrogens with one attached hydrogen (secondary N) is 1. The van der Waals surface area contributed by atoms with E-state index in [9.17, 15) is 4.79 Å². The van der Waals surface area contributed by atoms with E-state index < -0.39 is 6.09 Å². The number of para-hydroxylation sites is 1. The number of hydrogen-bond donors (Lipinski definition) is 1. The van der Waals surface area contributed by atoms with Crippen LogP contribution in [0.3, 0.4) is 0 Å². The molecule has 0 aliphatic heterocycles. The number of hydrazine groups is 1. The highest BCUT2D eigenvalue weighted by Crippen LogP contribution is 2.11. The van der Waals surface area contributed by atoms with Crippen LogP contribution in [0.5, 0.6) is 0 Å². The molecule has 0 atom stereocenters. The zero-order chi connectivity index (χ0) is 10.4. The highest BCUT2D eigenvalue weighted by atomic mass is 16.7. The molecule has 1 rings (SSSR count). The summed E-state index contributed by atoms with van der Waals surface area (Å²) in [6.07, 6.45) is -0.543. The number of methoxy groups -OCH3 is 1. The van der Waals surface area contributed by atoms with Gasteiger partial charge < -0.3 is 4.74 Å². The lowest BCUT2D eigenvalue weighted by Gasteiger charge is -2.19. The van der Waals surface area contributed by atoms with E-state index in [2.05, 4.69) is 15.2 Å². The largest absolute Gasteiger partial charge is 0.451 e. The fourth-order valence-electron chi connectivity index (χ4n) is 0.955. The van der Waals surface area contributed by atoms with Crippen molar-refractivity contribution in [2.24, 2.45) is 0 Å². The summed E-state index contributed by atoms with van der Waals surface area (Å²) in [5.41, 5.74) is 3.05. The van der Waals surface area contributed by atoms with Gasteiger partial charge in [0.15, 0.2) is 0 Å². The van der Waals surface area contributed by atoms with E-state index in [0.717, 1.165) is 5.01 Å². The molecule has 0 fully saturated rings. The van der Waals surface area contributed by atoms with Crippen LogP contribution in [-0.2, 0) is 9.57 Å². The second-order valence-corrected chi connectivity index (χ2v) is 2.44. The van der Waals surface area contributed by atoms with Crippen molar-refractivity contribution in [2.75, 3.05) is 19.2 Å². The molecule has 14 heavy (non-hydrogen) atoms. The first-order chi connectivity index (χ1) is 6.79. The van der Waals surface area contributed by atoms with Crippen molar-refractivity contribution in [3.8, 4) is 0 Å². The summed E-state index contributed by atoms with van der Waals surface area (Å²) >= 11 is 0. The number of benzene rings is 1. The molecule has 0 radical (unpaired) electrons. The number of carbonyl (C=O) groups is 1. The van der Waals surface area contributed by atoms with Crippen molar-refractivity contribution in [3.63, 3.8) is 0 Å². The summed E-state index contributed by atoms with van der Waals surface area (Å²) in [6.45, 7) is 0. The van der Waals surface area contributed by atoms with Crippen molar-refractivity contribution < 1.29 is 14.4 Å². The molecule has 0 spiro atoms. The van der Waals surface area contributed by atoms with E-state index in [4.69, 9.17) is 0 Å². The first-order valence-electron chi connectivity index (χ1n) is 4.01. The lowest BCUT2D eigenvalue weighted by atomic mass is 10.3. The lowest BCUT2D eigenvalue weighted by Crippen LogP contribution is -2.42. The third-order valence-electron chi connectivity index (χ3n) is 1.55. The molecule has 5 nitrogen and oxygen atoms in total. The van der Waals surface area contributed by atoms with Crippen molar-refractivity contribution >= 4 is 11.8 Å². The standard InChI is InChI=1S/C9H12N2O3/c1-13-9(12)11(10-14-2)8-6-4-3-5-7-8/h3-7,10H,1-2H3. The fourth-order valence-corrected chi connectivity index (χ4v) is 0.955. The van der Waals surface area contributed by atoms with Gasteiger partial charge in [0.2, 0.25) is 0 Å². The molecule has 0 heterocycles. The second kappa shape index (κ2) is 5.21. The molecule has 1 aromatic rings.